The highest BCUT2D eigenvalue weighted by atomic mass is 79.9. The van der Waals surface area contributed by atoms with Crippen LogP contribution in [0.1, 0.15) is 18.8 Å². The van der Waals surface area contributed by atoms with Crippen LogP contribution in [0.5, 0.6) is 5.75 Å². The first-order chi connectivity index (χ1) is 9.56. The van der Waals surface area contributed by atoms with E-state index in [0.717, 1.165) is 0 Å². The van der Waals surface area contributed by atoms with Gasteiger partial charge in [-0.25, -0.2) is 4.98 Å². The normalized spacial score (nSPS) is 11.9. The Morgan fingerprint density at radius 3 is 3.05 bits per heavy atom. The third-order valence-electron chi connectivity index (χ3n) is 2.47. The van der Waals surface area contributed by atoms with E-state index in [0.29, 0.717) is 21.1 Å². The first-order valence-corrected chi connectivity index (χ1v) is 6.96. The Morgan fingerprint density at radius 2 is 2.40 bits per heavy atom. The highest BCUT2D eigenvalue weighted by molar-refractivity contribution is 9.10. The van der Waals surface area contributed by atoms with Crippen LogP contribution in [-0.2, 0) is 4.79 Å². The van der Waals surface area contributed by atoms with Crippen molar-refractivity contribution in [3.63, 3.8) is 0 Å². The topological polar surface area (TPSA) is 79.9 Å². The van der Waals surface area contributed by atoms with E-state index in [2.05, 4.69) is 36.4 Å². The quantitative estimate of drug-likeness (QED) is 0.859. The molecule has 0 saturated heterocycles. The lowest BCUT2D eigenvalue weighted by molar-refractivity contribution is -0.123. The third kappa shape index (κ3) is 3.94. The molecule has 1 atom stereocenters. The first kappa shape index (κ1) is 14.8. The van der Waals surface area contributed by atoms with Crippen LogP contribution in [0.4, 0.5) is 0 Å². The number of carbonyl (C=O) groups is 1. The molecule has 106 valence electrons. The van der Waals surface area contributed by atoms with Gasteiger partial charge < -0.3 is 10.1 Å². The van der Waals surface area contributed by atoms with Gasteiger partial charge in [-0.2, -0.15) is 5.10 Å². The Labute approximate surface area is 129 Å². The largest absolute Gasteiger partial charge is 0.483 e. The van der Waals surface area contributed by atoms with Crippen LogP contribution in [0.15, 0.2) is 29.0 Å². The Hall–Kier alpha value is -1.60. The molecule has 0 radical (unpaired) electrons. The molecule has 0 spiro atoms. The van der Waals surface area contributed by atoms with E-state index in [-0.39, 0.29) is 18.6 Å². The summed E-state index contributed by atoms with van der Waals surface area (Å²) in [6.45, 7) is 1.70. The molecule has 2 aromatic rings. The minimum atomic E-state index is -0.262. The fraction of sp³-hybridized carbons (Fsp3) is 0.250. The summed E-state index contributed by atoms with van der Waals surface area (Å²) in [5.74, 6) is 0.888. The number of nitrogens with zero attached hydrogens (tertiary/aromatic N) is 2. The highest BCUT2D eigenvalue weighted by Crippen LogP contribution is 2.27. The number of aromatic amines is 1. The van der Waals surface area contributed by atoms with Crippen molar-refractivity contribution >= 4 is 33.4 Å². The predicted molar refractivity (Wildman–Crippen MR) is 77.6 cm³/mol. The van der Waals surface area contributed by atoms with E-state index in [9.17, 15) is 4.79 Å². The monoisotopic (exact) mass is 358 g/mol. The minimum Gasteiger partial charge on any atom is -0.483 e. The lowest BCUT2D eigenvalue weighted by Gasteiger charge is -2.12. The summed E-state index contributed by atoms with van der Waals surface area (Å²) in [7, 11) is 0. The minimum absolute atomic E-state index is 0.0985. The van der Waals surface area contributed by atoms with Crippen molar-refractivity contribution in [2.24, 2.45) is 0 Å². The maximum absolute atomic E-state index is 11.8. The molecule has 1 aromatic carbocycles. The molecule has 0 fully saturated rings. The molecule has 8 heteroatoms. The second-order valence-electron chi connectivity index (χ2n) is 4.02. The molecule has 0 aliphatic rings. The molecule has 0 aliphatic carbocycles. The number of halogens is 2. The van der Waals surface area contributed by atoms with Crippen molar-refractivity contribution in [3.05, 3.63) is 39.8 Å². The number of amides is 1. The number of aromatic nitrogens is 3. The third-order valence-corrected chi connectivity index (χ3v) is 3.33. The van der Waals surface area contributed by atoms with E-state index >= 15 is 0 Å². The molecule has 20 heavy (non-hydrogen) atoms. The molecule has 1 aromatic heterocycles. The Kier molecular flexibility index (Phi) is 4.97. The van der Waals surface area contributed by atoms with E-state index in [1.807, 2.05) is 0 Å². The number of ether oxygens (including phenoxy) is 1. The van der Waals surface area contributed by atoms with Crippen molar-refractivity contribution in [3.8, 4) is 5.75 Å². The number of nitrogens with one attached hydrogen (secondary N) is 2. The number of carbonyl (C=O) groups excluding carboxylic acids is 1. The van der Waals surface area contributed by atoms with Gasteiger partial charge in [-0.1, -0.05) is 11.6 Å². The maximum atomic E-state index is 11.8. The van der Waals surface area contributed by atoms with E-state index < -0.39 is 0 Å². The van der Waals surface area contributed by atoms with Gasteiger partial charge in [-0.05, 0) is 41.1 Å². The summed E-state index contributed by atoms with van der Waals surface area (Å²) in [6, 6.07) is 4.82. The number of H-pyrrole nitrogens is 1. The van der Waals surface area contributed by atoms with Gasteiger partial charge in [-0.15, -0.1) is 0 Å². The molecule has 0 bridgehead atoms. The Bertz CT molecular complexity index is 591. The second-order valence-corrected chi connectivity index (χ2v) is 5.31. The predicted octanol–water partition coefficient (Wildman–Crippen LogP) is 2.48. The molecule has 6 nitrogen and oxygen atoms in total. The summed E-state index contributed by atoms with van der Waals surface area (Å²) < 4.78 is 6.10. The zero-order valence-electron chi connectivity index (χ0n) is 10.6. The fourth-order valence-corrected chi connectivity index (χ4v) is 2.31. The molecule has 2 N–H and O–H groups in total. The zero-order valence-corrected chi connectivity index (χ0v) is 12.9. The molecule has 1 amide bonds. The van der Waals surface area contributed by atoms with Gasteiger partial charge in [0.1, 0.15) is 17.9 Å². The average molecular weight is 360 g/mol. The lowest BCUT2D eigenvalue weighted by Crippen LogP contribution is -2.31. The van der Waals surface area contributed by atoms with Crippen LogP contribution in [-0.4, -0.2) is 27.7 Å². The van der Waals surface area contributed by atoms with Crippen LogP contribution in [0.2, 0.25) is 5.02 Å². The second kappa shape index (κ2) is 6.71. The van der Waals surface area contributed by atoms with Gasteiger partial charge in [0.25, 0.3) is 5.91 Å². The van der Waals surface area contributed by atoms with Crippen LogP contribution in [0, 0.1) is 0 Å². The molecule has 1 unspecified atom stereocenters. The van der Waals surface area contributed by atoms with Crippen LogP contribution >= 0.6 is 27.5 Å². The number of benzene rings is 1. The summed E-state index contributed by atoms with van der Waals surface area (Å²) in [4.78, 5) is 15.7. The first-order valence-electron chi connectivity index (χ1n) is 5.78. The van der Waals surface area contributed by atoms with E-state index in [1.54, 1.807) is 25.1 Å². The van der Waals surface area contributed by atoms with Crippen molar-refractivity contribution in [2.45, 2.75) is 13.0 Å². The van der Waals surface area contributed by atoms with Gasteiger partial charge in [0.15, 0.2) is 6.61 Å². The van der Waals surface area contributed by atoms with Crippen LogP contribution < -0.4 is 10.1 Å². The molecular formula is C12H12BrClN4O2. The average Bonchev–Trinajstić information content (AvgIpc) is 2.91. The summed E-state index contributed by atoms with van der Waals surface area (Å²) >= 11 is 9.14. The summed E-state index contributed by atoms with van der Waals surface area (Å²) in [6.07, 6.45) is 1.39. The molecule has 2 rings (SSSR count). The molecular weight excluding hydrogens is 348 g/mol. The van der Waals surface area contributed by atoms with Crippen molar-refractivity contribution in [2.75, 3.05) is 6.61 Å². The van der Waals surface area contributed by atoms with Crippen molar-refractivity contribution < 1.29 is 9.53 Å². The molecule has 0 aliphatic heterocycles. The van der Waals surface area contributed by atoms with E-state index in [4.69, 9.17) is 16.3 Å². The van der Waals surface area contributed by atoms with Gasteiger partial charge in [0.05, 0.1) is 10.5 Å². The standard InChI is InChI=1S/C12H12BrClN4O2/c1-7(12-15-6-16-18-12)17-11(19)5-20-10-3-2-8(14)4-9(10)13/h2-4,6-7H,5H2,1H3,(H,17,19)(H,15,16,18). The lowest BCUT2D eigenvalue weighted by atomic mass is 10.3. The van der Waals surface area contributed by atoms with Gasteiger partial charge in [-0.3, -0.25) is 9.89 Å². The van der Waals surface area contributed by atoms with Crippen molar-refractivity contribution in [1.29, 1.82) is 0 Å². The SMILES string of the molecule is CC(NC(=O)COc1ccc(Cl)cc1Br)c1ncn[nH]1. The zero-order chi connectivity index (χ0) is 14.5. The summed E-state index contributed by atoms with van der Waals surface area (Å²) in [5, 5.41) is 9.75. The number of hydrogen-bond acceptors (Lipinski definition) is 4. The Balaban J connectivity index is 1.86. The van der Waals surface area contributed by atoms with Gasteiger partial charge in [0, 0.05) is 5.02 Å². The van der Waals surface area contributed by atoms with Crippen LogP contribution in [0.3, 0.4) is 0 Å². The van der Waals surface area contributed by atoms with Gasteiger partial charge in [0.2, 0.25) is 0 Å². The molecule has 0 saturated carbocycles. The highest BCUT2D eigenvalue weighted by Gasteiger charge is 2.12. The van der Waals surface area contributed by atoms with Crippen LogP contribution in [0.25, 0.3) is 0 Å². The number of hydrogen-bond donors (Lipinski definition) is 2. The summed E-state index contributed by atoms with van der Waals surface area (Å²) in [5.41, 5.74) is 0. The number of rotatable bonds is 5. The molecule has 1 heterocycles. The van der Waals surface area contributed by atoms with Gasteiger partial charge >= 0.3 is 0 Å². The maximum Gasteiger partial charge on any atom is 0.258 e. The Morgan fingerprint density at radius 1 is 1.60 bits per heavy atom. The van der Waals surface area contributed by atoms with E-state index in [1.165, 1.54) is 6.33 Å². The fourth-order valence-electron chi connectivity index (χ4n) is 1.51. The van der Waals surface area contributed by atoms with Crippen molar-refractivity contribution in [1.82, 2.24) is 20.5 Å². The smallest absolute Gasteiger partial charge is 0.258 e.